The van der Waals surface area contributed by atoms with Crippen LogP contribution in [0.4, 0.5) is 17.5 Å². The van der Waals surface area contributed by atoms with E-state index in [1.165, 1.54) is 0 Å². The molecule has 1 saturated carbocycles. The highest BCUT2D eigenvalue weighted by Gasteiger charge is 2.51. The number of carboxylic acids is 1. The molecular weight excluding hydrogens is 376 g/mol. The number of nitrogens with zero attached hydrogens (tertiary/aromatic N) is 2. The molecule has 3 aromatic rings. The second-order valence-electron chi connectivity index (χ2n) is 7.51. The van der Waals surface area contributed by atoms with E-state index >= 15 is 0 Å². The summed E-state index contributed by atoms with van der Waals surface area (Å²) in [6, 6.07) is 19.3. The third-order valence-electron chi connectivity index (χ3n) is 5.41. The summed E-state index contributed by atoms with van der Waals surface area (Å²) < 4.78 is 0. The van der Waals surface area contributed by atoms with Gasteiger partial charge in [0, 0.05) is 23.0 Å². The Hall–Kier alpha value is -3.67. The Kier molecular flexibility index (Phi) is 5.23. The molecule has 6 heteroatoms. The van der Waals surface area contributed by atoms with Gasteiger partial charge in [-0.3, -0.25) is 4.79 Å². The normalized spacial score (nSPS) is 14.8. The van der Waals surface area contributed by atoms with E-state index in [4.69, 9.17) is 0 Å². The predicted molar refractivity (Wildman–Crippen MR) is 119 cm³/mol. The second-order valence-corrected chi connectivity index (χ2v) is 7.51. The third-order valence-corrected chi connectivity index (χ3v) is 5.41. The van der Waals surface area contributed by atoms with E-state index in [2.05, 4.69) is 20.6 Å². The van der Waals surface area contributed by atoms with Gasteiger partial charge in [-0.15, -0.1) is 0 Å². The summed E-state index contributed by atoms with van der Waals surface area (Å²) in [5.41, 5.74) is 3.73. The number of allylic oxidation sites excluding steroid dienone is 2. The van der Waals surface area contributed by atoms with Gasteiger partial charge in [0.05, 0.1) is 11.1 Å². The van der Waals surface area contributed by atoms with Crippen LogP contribution >= 0.6 is 0 Å². The lowest BCUT2D eigenvalue weighted by molar-refractivity contribution is -0.140. The Morgan fingerprint density at radius 2 is 1.77 bits per heavy atom. The van der Waals surface area contributed by atoms with Crippen LogP contribution in [0.2, 0.25) is 0 Å². The van der Waals surface area contributed by atoms with Gasteiger partial charge in [-0.1, -0.05) is 48.5 Å². The minimum absolute atomic E-state index is 0.467. The maximum absolute atomic E-state index is 11.5. The molecule has 0 spiro atoms. The summed E-state index contributed by atoms with van der Waals surface area (Å²) in [4.78, 5) is 20.8. The SMILES string of the molecule is C/C=C(\C)Nc1cc(-c2ccccc2)nc(Nc2ccc(C3(C(=O)O)CC3)cc2)n1. The van der Waals surface area contributed by atoms with Gasteiger partial charge in [-0.05, 0) is 44.4 Å². The fraction of sp³-hybridized carbons (Fsp3) is 0.208. The standard InChI is InChI=1S/C24H24N4O2/c1-3-16(2)25-21-15-20(17-7-5-4-6-8-17)27-23(28-21)26-19-11-9-18(10-12-19)24(13-14-24)22(29)30/h3-12,15H,13-14H2,1-2H3,(H,29,30)(H2,25,26,27,28)/b16-3+. The smallest absolute Gasteiger partial charge is 0.314 e. The maximum Gasteiger partial charge on any atom is 0.314 e. The first-order valence-corrected chi connectivity index (χ1v) is 9.95. The lowest BCUT2D eigenvalue weighted by Crippen LogP contribution is -2.19. The van der Waals surface area contributed by atoms with Gasteiger partial charge in [0.2, 0.25) is 5.95 Å². The number of hydrogen-bond donors (Lipinski definition) is 3. The maximum atomic E-state index is 11.5. The summed E-state index contributed by atoms with van der Waals surface area (Å²) in [6.45, 7) is 3.94. The number of carbonyl (C=O) groups is 1. The predicted octanol–water partition coefficient (Wildman–Crippen LogP) is 5.34. The zero-order chi connectivity index (χ0) is 21.1. The zero-order valence-electron chi connectivity index (χ0n) is 17.0. The van der Waals surface area contributed by atoms with Gasteiger partial charge in [-0.25, -0.2) is 4.98 Å². The van der Waals surface area contributed by atoms with Gasteiger partial charge in [0.1, 0.15) is 5.82 Å². The zero-order valence-corrected chi connectivity index (χ0v) is 17.0. The van der Waals surface area contributed by atoms with E-state index in [1.54, 1.807) is 0 Å². The van der Waals surface area contributed by atoms with Crippen molar-refractivity contribution in [3.63, 3.8) is 0 Å². The Morgan fingerprint density at radius 3 is 2.37 bits per heavy atom. The molecule has 4 rings (SSSR count). The molecule has 1 heterocycles. The number of rotatable bonds is 7. The lowest BCUT2D eigenvalue weighted by Gasteiger charge is -2.13. The van der Waals surface area contributed by atoms with Crippen LogP contribution in [0.15, 0.2) is 72.4 Å². The Bertz CT molecular complexity index is 1090. The van der Waals surface area contributed by atoms with Crippen molar-refractivity contribution >= 4 is 23.4 Å². The van der Waals surface area contributed by atoms with Gasteiger partial charge < -0.3 is 15.7 Å². The Labute approximate surface area is 175 Å². The van der Waals surface area contributed by atoms with Crippen molar-refractivity contribution in [2.75, 3.05) is 10.6 Å². The van der Waals surface area contributed by atoms with E-state index in [-0.39, 0.29) is 0 Å². The first-order valence-electron chi connectivity index (χ1n) is 9.95. The fourth-order valence-corrected chi connectivity index (χ4v) is 3.35. The largest absolute Gasteiger partial charge is 0.481 e. The van der Waals surface area contributed by atoms with Crippen LogP contribution in [-0.2, 0) is 10.2 Å². The quantitative estimate of drug-likeness (QED) is 0.496. The highest BCUT2D eigenvalue weighted by atomic mass is 16.4. The van der Waals surface area contributed by atoms with Crippen LogP contribution < -0.4 is 10.6 Å². The average Bonchev–Trinajstić information content (AvgIpc) is 3.57. The van der Waals surface area contributed by atoms with E-state index in [9.17, 15) is 9.90 Å². The van der Waals surface area contributed by atoms with Gasteiger partial charge >= 0.3 is 5.97 Å². The van der Waals surface area contributed by atoms with E-state index in [0.29, 0.717) is 24.6 Å². The summed E-state index contributed by atoms with van der Waals surface area (Å²) in [6.07, 6.45) is 3.36. The molecule has 2 aromatic carbocycles. The molecule has 30 heavy (non-hydrogen) atoms. The Balaban J connectivity index is 1.63. The van der Waals surface area contributed by atoms with E-state index in [1.807, 2.05) is 80.6 Å². The first kappa shape index (κ1) is 19.6. The number of hydrogen-bond acceptors (Lipinski definition) is 5. The monoisotopic (exact) mass is 400 g/mol. The topological polar surface area (TPSA) is 87.1 Å². The third kappa shape index (κ3) is 4.03. The molecule has 152 valence electrons. The molecule has 1 aliphatic carbocycles. The Morgan fingerprint density at radius 1 is 1.07 bits per heavy atom. The number of aliphatic carboxylic acids is 1. The van der Waals surface area contributed by atoms with Crippen LogP contribution in [-0.4, -0.2) is 21.0 Å². The van der Waals surface area contributed by atoms with Gasteiger partial charge in [0.25, 0.3) is 0 Å². The highest BCUT2D eigenvalue weighted by molar-refractivity contribution is 5.85. The number of benzene rings is 2. The molecule has 6 nitrogen and oxygen atoms in total. The number of anilines is 3. The molecule has 0 unspecified atom stereocenters. The van der Waals surface area contributed by atoms with Crippen molar-refractivity contribution in [1.29, 1.82) is 0 Å². The van der Waals surface area contributed by atoms with Gasteiger partial charge in [0.15, 0.2) is 0 Å². The van der Waals surface area contributed by atoms with Crippen molar-refractivity contribution in [3.8, 4) is 11.3 Å². The van der Waals surface area contributed by atoms with Crippen LogP contribution in [0.1, 0.15) is 32.3 Å². The molecule has 0 saturated heterocycles. The minimum atomic E-state index is -0.753. The van der Waals surface area contributed by atoms with E-state index < -0.39 is 11.4 Å². The molecular formula is C24H24N4O2. The molecule has 1 fully saturated rings. The molecule has 3 N–H and O–H groups in total. The fourth-order valence-electron chi connectivity index (χ4n) is 3.35. The molecule has 1 aromatic heterocycles. The average molecular weight is 400 g/mol. The minimum Gasteiger partial charge on any atom is -0.481 e. The number of nitrogens with one attached hydrogen (secondary N) is 2. The first-order chi connectivity index (χ1) is 14.5. The van der Waals surface area contributed by atoms with Crippen LogP contribution in [0.25, 0.3) is 11.3 Å². The number of aromatic nitrogens is 2. The molecule has 0 radical (unpaired) electrons. The molecule has 1 aliphatic rings. The highest BCUT2D eigenvalue weighted by Crippen LogP contribution is 2.48. The summed E-state index contributed by atoms with van der Waals surface area (Å²) in [7, 11) is 0. The lowest BCUT2D eigenvalue weighted by atomic mass is 9.96. The van der Waals surface area contributed by atoms with Gasteiger partial charge in [-0.2, -0.15) is 4.98 Å². The van der Waals surface area contributed by atoms with Crippen LogP contribution in [0.3, 0.4) is 0 Å². The second kappa shape index (κ2) is 7.99. The molecule has 0 amide bonds. The van der Waals surface area contributed by atoms with Crippen LogP contribution in [0.5, 0.6) is 0 Å². The molecule has 0 aliphatic heterocycles. The summed E-state index contributed by atoms with van der Waals surface area (Å²) in [5.74, 6) is 0.411. The van der Waals surface area contributed by atoms with Crippen molar-refractivity contribution in [3.05, 3.63) is 78.0 Å². The van der Waals surface area contributed by atoms with Crippen molar-refractivity contribution in [1.82, 2.24) is 9.97 Å². The van der Waals surface area contributed by atoms with E-state index in [0.717, 1.165) is 28.2 Å². The van der Waals surface area contributed by atoms with Crippen LogP contribution in [0, 0.1) is 0 Å². The molecule has 0 atom stereocenters. The molecule has 0 bridgehead atoms. The van der Waals surface area contributed by atoms with Crippen molar-refractivity contribution in [2.24, 2.45) is 0 Å². The number of carboxylic acid groups (broad SMARTS) is 1. The summed E-state index contributed by atoms with van der Waals surface area (Å²) >= 11 is 0. The van der Waals surface area contributed by atoms with Crippen molar-refractivity contribution in [2.45, 2.75) is 32.1 Å². The van der Waals surface area contributed by atoms with Crippen molar-refractivity contribution < 1.29 is 9.90 Å². The summed E-state index contributed by atoms with van der Waals surface area (Å²) in [5, 5.41) is 16.0.